The fourth-order valence-corrected chi connectivity index (χ4v) is 2.66. The number of carbonyl (C=O) groups excluding carboxylic acids is 1. The van der Waals surface area contributed by atoms with Crippen LogP contribution in [-0.2, 0) is 6.54 Å². The Hall–Kier alpha value is -3.46. The molecule has 0 aliphatic heterocycles. The van der Waals surface area contributed by atoms with Crippen molar-refractivity contribution >= 4 is 11.6 Å². The molecule has 0 saturated carbocycles. The van der Waals surface area contributed by atoms with Crippen molar-refractivity contribution in [1.29, 1.82) is 5.26 Å². The van der Waals surface area contributed by atoms with Gasteiger partial charge in [-0.15, -0.1) is 0 Å². The van der Waals surface area contributed by atoms with Gasteiger partial charge < -0.3 is 5.32 Å². The summed E-state index contributed by atoms with van der Waals surface area (Å²) in [6.45, 7) is 4.58. The summed E-state index contributed by atoms with van der Waals surface area (Å²) in [6, 6.07) is 14.9. The van der Waals surface area contributed by atoms with Gasteiger partial charge in [0.1, 0.15) is 11.9 Å². The van der Waals surface area contributed by atoms with Crippen molar-refractivity contribution in [2.75, 3.05) is 5.32 Å². The van der Waals surface area contributed by atoms with Gasteiger partial charge in [-0.2, -0.15) is 10.4 Å². The van der Waals surface area contributed by atoms with Crippen molar-refractivity contribution in [1.82, 2.24) is 9.78 Å². The Morgan fingerprint density at radius 1 is 1.19 bits per heavy atom. The van der Waals surface area contributed by atoms with Crippen LogP contribution < -0.4 is 5.32 Å². The Bertz CT molecular complexity index is 1000. The molecule has 0 aliphatic rings. The number of anilines is 1. The lowest BCUT2D eigenvalue weighted by atomic mass is 10.1. The number of aryl methyl sites for hydroxylation is 2. The van der Waals surface area contributed by atoms with Crippen molar-refractivity contribution in [2.24, 2.45) is 0 Å². The molecule has 1 heterocycles. The van der Waals surface area contributed by atoms with E-state index in [1.54, 1.807) is 18.2 Å². The molecular weight excluding hydrogens is 331 g/mol. The molecule has 1 aromatic heterocycles. The SMILES string of the molecule is Cc1cc(C)n(Cc2ccc(C(=O)Nc3ccc(F)c(C#N)c3)cc2)n1. The number of amides is 1. The Morgan fingerprint density at radius 3 is 2.54 bits per heavy atom. The van der Waals surface area contributed by atoms with Crippen LogP contribution in [0.1, 0.15) is 32.9 Å². The third-order valence-electron chi connectivity index (χ3n) is 4.00. The van der Waals surface area contributed by atoms with Gasteiger partial charge in [-0.3, -0.25) is 9.48 Å². The lowest BCUT2D eigenvalue weighted by molar-refractivity contribution is 0.102. The molecule has 0 fully saturated rings. The standard InChI is InChI=1S/C20H17FN4O/c1-13-9-14(2)25(24-13)12-15-3-5-16(6-4-15)20(26)23-18-7-8-19(21)17(10-18)11-22/h3-10H,12H2,1-2H3,(H,23,26). The van der Waals surface area contributed by atoms with Crippen LogP contribution in [0.3, 0.4) is 0 Å². The third kappa shape index (κ3) is 3.78. The zero-order chi connectivity index (χ0) is 18.7. The fourth-order valence-electron chi connectivity index (χ4n) is 2.66. The van der Waals surface area contributed by atoms with Crippen LogP contribution in [0.15, 0.2) is 48.5 Å². The second kappa shape index (κ2) is 7.19. The normalized spacial score (nSPS) is 10.4. The number of halogens is 1. The lowest BCUT2D eigenvalue weighted by Crippen LogP contribution is -2.12. The van der Waals surface area contributed by atoms with Gasteiger partial charge in [-0.1, -0.05) is 12.1 Å². The van der Waals surface area contributed by atoms with Gasteiger partial charge in [0.15, 0.2) is 0 Å². The molecule has 1 N–H and O–H groups in total. The molecule has 130 valence electrons. The highest BCUT2D eigenvalue weighted by Crippen LogP contribution is 2.16. The summed E-state index contributed by atoms with van der Waals surface area (Å²) in [4.78, 5) is 12.3. The van der Waals surface area contributed by atoms with Gasteiger partial charge >= 0.3 is 0 Å². The van der Waals surface area contributed by atoms with Gasteiger partial charge in [0.2, 0.25) is 0 Å². The van der Waals surface area contributed by atoms with Crippen LogP contribution >= 0.6 is 0 Å². The summed E-state index contributed by atoms with van der Waals surface area (Å²) in [7, 11) is 0. The molecule has 0 atom stereocenters. The van der Waals surface area contributed by atoms with E-state index in [-0.39, 0.29) is 11.5 Å². The van der Waals surface area contributed by atoms with Crippen molar-refractivity contribution in [3.63, 3.8) is 0 Å². The Labute approximate surface area is 150 Å². The van der Waals surface area contributed by atoms with Gasteiger partial charge in [0, 0.05) is 16.9 Å². The van der Waals surface area contributed by atoms with Crippen LogP contribution in [0.5, 0.6) is 0 Å². The molecule has 0 saturated heterocycles. The maximum absolute atomic E-state index is 13.3. The van der Waals surface area contributed by atoms with Crippen LogP contribution in [-0.4, -0.2) is 15.7 Å². The van der Waals surface area contributed by atoms with E-state index in [4.69, 9.17) is 5.26 Å². The van der Waals surface area contributed by atoms with E-state index >= 15 is 0 Å². The summed E-state index contributed by atoms with van der Waals surface area (Å²) in [5.41, 5.74) is 3.82. The summed E-state index contributed by atoms with van der Waals surface area (Å²) in [5, 5.41) is 15.9. The van der Waals surface area contributed by atoms with Gasteiger partial charge in [-0.05, 0) is 55.8 Å². The highest BCUT2D eigenvalue weighted by molar-refractivity contribution is 6.04. The summed E-state index contributed by atoms with van der Waals surface area (Å²) < 4.78 is 15.3. The highest BCUT2D eigenvalue weighted by atomic mass is 19.1. The molecule has 0 unspecified atom stereocenters. The number of nitrogens with zero attached hydrogens (tertiary/aromatic N) is 3. The van der Waals surface area contributed by atoms with Crippen molar-refractivity contribution in [2.45, 2.75) is 20.4 Å². The minimum absolute atomic E-state index is 0.108. The zero-order valence-electron chi connectivity index (χ0n) is 14.5. The van der Waals surface area contributed by atoms with Gasteiger partial charge in [0.05, 0.1) is 17.8 Å². The zero-order valence-corrected chi connectivity index (χ0v) is 14.5. The molecule has 2 aromatic carbocycles. The maximum atomic E-state index is 13.3. The summed E-state index contributed by atoms with van der Waals surface area (Å²) in [5.74, 6) is -0.933. The van der Waals surface area contributed by atoms with Crippen molar-refractivity contribution in [3.05, 3.63) is 82.4 Å². The number of rotatable bonds is 4. The molecule has 6 heteroatoms. The first-order chi connectivity index (χ1) is 12.5. The van der Waals surface area contributed by atoms with E-state index in [0.29, 0.717) is 17.8 Å². The number of carbonyl (C=O) groups is 1. The number of hydrogen-bond donors (Lipinski definition) is 1. The topological polar surface area (TPSA) is 70.7 Å². The fraction of sp³-hybridized carbons (Fsp3) is 0.150. The molecule has 0 aliphatic carbocycles. The number of nitrogens with one attached hydrogen (secondary N) is 1. The third-order valence-corrected chi connectivity index (χ3v) is 4.00. The van der Waals surface area contributed by atoms with Crippen LogP contribution in [0.25, 0.3) is 0 Å². The minimum atomic E-state index is -0.612. The average molecular weight is 348 g/mol. The Kier molecular flexibility index (Phi) is 4.81. The second-order valence-corrected chi connectivity index (χ2v) is 6.04. The first-order valence-corrected chi connectivity index (χ1v) is 8.07. The molecule has 0 radical (unpaired) electrons. The monoisotopic (exact) mass is 348 g/mol. The van der Waals surface area contributed by atoms with E-state index in [1.165, 1.54) is 12.1 Å². The lowest BCUT2D eigenvalue weighted by Gasteiger charge is -2.08. The molecule has 3 aromatic rings. The molecule has 0 bridgehead atoms. The second-order valence-electron chi connectivity index (χ2n) is 6.04. The number of nitriles is 1. The Morgan fingerprint density at radius 2 is 1.92 bits per heavy atom. The van der Waals surface area contributed by atoms with Crippen LogP contribution in [0, 0.1) is 31.0 Å². The van der Waals surface area contributed by atoms with Crippen molar-refractivity contribution in [3.8, 4) is 6.07 Å². The smallest absolute Gasteiger partial charge is 0.255 e. The summed E-state index contributed by atoms with van der Waals surface area (Å²) >= 11 is 0. The largest absolute Gasteiger partial charge is 0.322 e. The highest BCUT2D eigenvalue weighted by Gasteiger charge is 2.09. The first kappa shape index (κ1) is 17.4. The number of aromatic nitrogens is 2. The minimum Gasteiger partial charge on any atom is -0.322 e. The molecule has 0 spiro atoms. The van der Waals surface area contributed by atoms with Gasteiger partial charge in [-0.25, -0.2) is 4.39 Å². The Balaban J connectivity index is 1.71. The quantitative estimate of drug-likeness (QED) is 0.779. The number of hydrogen-bond acceptors (Lipinski definition) is 3. The van der Waals surface area contributed by atoms with E-state index in [1.807, 2.05) is 36.7 Å². The molecular formula is C20H17FN4O. The average Bonchev–Trinajstić information content (AvgIpc) is 2.94. The maximum Gasteiger partial charge on any atom is 0.255 e. The summed E-state index contributed by atoms with van der Waals surface area (Å²) in [6.07, 6.45) is 0. The van der Waals surface area contributed by atoms with Gasteiger partial charge in [0.25, 0.3) is 5.91 Å². The predicted molar refractivity (Wildman–Crippen MR) is 96.3 cm³/mol. The molecule has 3 rings (SSSR count). The van der Waals surface area contributed by atoms with Crippen LogP contribution in [0.2, 0.25) is 0 Å². The van der Waals surface area contributed by atoms with E-state index in [0.717, 1.165) is 23.0 Å². The predicted octanol–water partition coefficient (Wildman–Crippen LogP) is 3.81. The van der Waals surface area contributed by atoms with E-state index in [9.17, 15) is 9.18 Å². The molecule has 1 amide bonds. The first-order valence-electron chi connectivity index (χ1n) is 8.07. The van der Waals surface area contributed by atoms with E-state index in [2.05, 4.69) is 10.4 Å². The van der Waals surface area contributed by atoms with Crippen LogP contribution in [0.4, 0.5) is 10.1 Å². The number of benzene rings is 2. The molecule has 5 nitrogen and oxygen atoms in total. The molecule has 26 heavy (non-hydrogen) atoms. The van der Waals surface area contributed by atoms with Crippen molar-refractivity contribution < 1.29 is 9.18 Å². The van der Waals surface area contributed by atoms with E-state index < -0.39 is 5.82 Å².